The quantitative estimate of drug-likeness (QED) is 0.694. The lowest BCUT2D eigenvalue weighted by Crippen LogP contribution is -2.27. The van der Waals surface area contributed by atoms with E-state index in [0.717, 1.165) is 6.42 Å². The lowest BCUT2D eigenvalue weighted by molar-refractivity contribution is 0.418. The Morgan fingerprint density at radius 1 is 1.29 bits per heavy atom. The fraction of sp³-hybridized carbons (Fsp3) is 0.583. The zero-order chi connectivity index (χ0) is 10.8. The van der Waals surface area contributed by atoms with Crippen LogP contribution in [0.25, 0.3) is 0 Å². The smallest absolute Gasteiger partial charge is 0.0399 e. The summed E-state index contributed by atoms with van der Waals surface area (Å²) in [4.78, 5) is 3.97. The van der Waals surface area contributed by atoms with Gasteiger partial charge in [-0.1, -0.05) is 19.9 Å². The van der Waals surface area contributed by atoms with Gasteiger partial charge in [0, 0.05) is 17.3 Å². The van der Waals surface area contributed by atoms with Crippen LogP contribution in [0.1, 0.15) is 39.7 Å². The number of aromatic nitrogens is 1. The molecule has 0 aliphatic rings. The number of rotatable bonds is 3. The summed E-state index contributed by atoms with van der Waals surface area (Å²) < 4.78 is 0. The number of hydrogen-bond acceptors (Lipinski definition) is 1. The molecule has 0 N–H and O–H groups in total. The number of nitrogens with zero attached hydrogens (tertiary/aromatic N) is 1. The van der Waals surface area contributed by atoms with E-state index in [9.17, 15) is 0 Å². The van der Waals surface area contributed by atoms with E-state index in [4.69, 9.17) is 11.6 Å². The highest BCUT2D eigenvalue weighted by molar-refractivity contribution is 6.23. The first-order chi connectivity index (χ1) is 6.31. The Bertz CT molecular complexity index is 285. The number of alkyl halides is 1. The van der Waals surface area contributed by atoms with Gasteiger partial charge in [0.2, 0.25) is 0 Å². The number of halogens is 1. The van der Waals surface area contributed by atoms with Crippen molar-refractivity contribution >= 4 is 11.6 Å². The van der Waals surface area contributed by atoms with Gasteiger partial charge in [0.15, 0.2) is 0 Å². The first-order valence-electron chi connectivity index (χ1n) is 4.91. The third-order valence-electron chi connectivity index (χ3n) is 2.31. The van der Waals surface area contributed by atoms with Gasteiger partial charge in [0.1, 0.15) is 0 Å². The standard InChI is InChI=1S/C12H18ClN/c1-11(2,9-12(3,4)13)10-6-5-7-14-8-10/h5-8H,9H2,1-4H3. The van der Waals surface area contributed by atoms with Crippen molar-refractivity contribution in [2.45, 2.75) is 44.4 Å². The van der Waals surface area contributed by atoms with Gasteiger partial charge in [-0.3, -0.25) is 4.98 Å². The van der Waals surface area contributed by atoms with Crippen LogP contribution < -0.4 is 0 Å². The van der Waals surface area contributed by atoms with E-state index < -0.39 is 0 Å². The molecule has 0 bridgehead atoms. The van der Waals surface area contributed by atoms with Gasteiger partial charge >= 0.3 is 0 Å². The van der Waals surface area contributed by atoms with Crippen molar-refractivity contribution in [1.29, 1.82) is 0 Å². The van der Waals surface area contributed by atoms with Crippen molar-refractivity contribution in [3.63, 3.8) is 0 Å². The zero-order valence-corrected chi connectivity index (χ0v) is 10.1. The molecular weight excluding hydrogens is 194 g/mol. The molecule has 0 fully saturated rings. The maximum Gasteiger partial charge on any atom is 0.0399 e. The van der Waals surface area contributed by atoms with E-state index in [1.54, 1.807) is 6.20 Å². The Morgan fingerprint density at radius 2 is 1.93 bits per heavy atom. The van der Waals surface area contributed by atoms with E-state index in [0.29, 0.717) is 0 Å². The van der Waals surface area contributed by atoms with Gasteiger partial charge in [-0.05, 0) is 37.3 Å². The second kappa shape index (κ2) is 3.90. The molecule has 0 unspecified atom stereocenters. The van der Waals surface area contributed by atoms with Crippen LogP contribution in [0.15, 0.2) is 24.5 Å². The number of pyridine rings is 1. The van der Waals surface area contributed by atoms with Crippen molar-refractivity contribution < 1.29 is 0 Å². The van der Waals surface area contributed by atoms with Gasteiger partial charge in [-0.15, -0.1) is 11.6 Å². The third kappa shape index (κ3) is 3.30. The van der Waals surface area contributed by atoms with Crippen molar-refractivity contribution in [2.75, 3.05) is 0 Å². The summed E-state index contributed by atoms with van der Waals surface area (Å²) in [6.45, 7) is 8.50. The summed E-state index contributed by atoms with van der Waals surface area (Å²) in [5, 5.41) is 0. The van der Waals surface area contributed by atoms with E-state index in [2.05, 4.69) is 24.9 Å². The summed E-state index contributed by atoms with van der Waals surface area (Å²) in [5.74, 6) is 0. The SMILES string of the molecule is CC(C)(Cl)CC(C)(C)c1cccnc1. The highest BCUT2D eigenvalue weighted by atomic mass is 35.5. The maximum absolute atomic E-state index is 6.25. The van der Waals surface area contributed by atoms with Gasteiger partial charge in [-0.25, -0.2) is 0 Å². The average molecular weight is 212 g/mol. The molecule has 0 saturated carbocycles. The molecule has 1 nitrogen and oxygen atoms in total. The molecule has 2 heteroatoms. The van der Waals surface area contributed by atoms with E-state index in [-0.39, 0.29) is 10.3 Å². The first kappa shape index (κ1) is 11.5. The largest absolute Gasteiger partial charge is 0.264 e. The number of hydrogen-bond donors (Lipinski definition) is 0. The highest BCUT2D eigenvalue weighted by Crippen LogP contribution is 2.34. The highest BCUT2D eigenvalue weighted by Gasteiger charge is 2.28. The Kier molecular flexibility index (Phi) is 3.20. The summed E-state index contributed by atoms with van der Waals surface area (Å²) in [6.07, 6.45) is 4.65. The Labute approximate surface area is 91.5 Å². The van der Waals surface area contributed by atoms with E-state index in [1.165, 1.54) is 5.56 Å². The molecule has 1 aromatic rings. The van der Waals surface area contributed by atoms with Gasteiger partial charge in [0.25, 0.3) is 0 Å². The van der Waals surface area contributed by atoms with Gasteiger partial charge < -0.3 is 0 Å². The van der Waals surface area contributed by atoms with Crippen LogP contribution in [0.2, 0.25) is 0 Å². The monoisotopic (exact) mass is 211 g/mol. The van der Waals surface area contributed by atoms with E-state index >= 15 is 0 Å². The van der Waals surface area contributed by atoms with Crippen LogP contribution in [-0.2, 0) is 5.41 Å². The minimum Gasteiger partial charge on any atom is -0.264 e. The lowest BCUT2D eigenvalue weighted by Gasteiger charge is -2.31. The molecule has 0 spiro atoms. The molecule has 0 atom stereocenters. The molecule has 78 valence electrons. The predicted molar refractivity (Wildman–Crippen MR) is 61.8 cm³/mol. The maximum atomic E-state index is 6.25. The second-order valence-electron chi connectivity index (χ2n) is 5.02. The van der Waals surface area contributed by atoms with Crippen LogP contribution in [0.5, 0.6) is 0 Å². The Hall–Kier alpha value is -0.560. The van der Waals surface area contributed by atoms with Crippen LogP contribution in [-0.4, -0.2) is 9.86 Å². The fourth-order valence-corrected chi connectivity index (χ4v) is 2.25. The van der Waals surface area contributed by atoms with Crippen molar-refractivity contribution in [3.05, 3.63) is 30.1 Å². The minimum absolute atomic E-state index is 0.0828. The van der Waals surface area contributed by atoms with Gasteiger partial charge in [-0.2, -0.15) is 0 Å². The first-order valence-corrected chi connectivity index (χ1v) is 5.28. The van der Waals surface area contributed by atoms with Crippen molar-refractivity contribution in [1.82, 2.24) is 4.98 Å². The fourth-order valence-electron chi connectivity index (χ4n) is 1.92. The van der Waals surface area contributed by atoms with Crippen LogP contribution in [0.3, 0.4) is 0 Å². The third-order valence-corrected chi connectivity index (χ3v) is 2.44. The van der Waals surface area contributed by atoms with E-state index in [1.807, 2.05) is 26.1 Å². The minimum atomic E-state index is -0.167. The molecule has 1 aromatic heterocycles. The van der Waals surface area contributed by atoms with Crippen LogP contribution in [0, 0.1) is 0 Å². The lowest BCUT2D eigenvalue weighted by atomic mass is 9.78. The van der Waals surface area contributed by atoms with Crippen molar-refractivity contribution in [2.24, 2.45) is 0 Å². The summed E-state index contributed by atoms with van der Waals surface area (Å²) >= 11 is 6.25. The molecule has 0 saturated heterocycles. The molecule has 0 aliphatic heterocycles. The predicted octanol–water partition coefficient (Wildman–Crippen LogP) is 3.77. The van der Waals surface area contributed by atoms with Gasteiger partial charge in [0.05, 0.1) is 0 Å². The summed E-state index contributed by atoms with van der Waals surface area (Å²) in [7, 11) is 0. The van der Waals surface area contributed by atoms with Crippen LogP contribution >= 0.6 is 11.6 Å². The topological polar surface area (TPSA) is 12.9 Å². The average Bonchev–Trinajstić information content (AvgIpc) is 2.01. The van der Waals surface area contributed by atoms with Crippen molar-refractivity contribution in [3.8, 4) is 0 Å². The molecule has 0 radical (unpaired) electrons. The Morgan fingerprint density at radius 3 is 2.36 bits per heavy atom. The molecular formula is C12H18ClN. The summed E-state index contributed by atoms with van der Waals surface area (Å²) in [6, 6.07) is 4.08. The molecule has 1 rings (SSSR count). The summed E-state index contributed by atoms with van der Waals surface area (Å²) in [5.41, 5.74) is 1.33. The second-order valence-corrected chi connectivity index (χ2v) is 6.04. The van der Waals surface area contributed by atoms with Crippen LogP contribution in [0.4, 0.5) is 0 Å². The normalized spacial score (nSPS) is 12.9. The molecule has 0 aliphatic carbocycles. The molecule has 0 amide bonds. The molecule has 0 aromatic carbocycles. The Balaban J connectivity index is 2.86. The zero-order valence-electron chi connectivity index (χ0n) is 9.34. The molecule has 1 heterocycles. The molecule has 14 heavy (non-hydrogen) atoms.